The third-order valence-corrected chi connectivity index (χ3v) is 3.48. The fourth-order valence-corrected chi connectivity index (χ4v) is 2.39. The summed E-state index contributed by atoms with van der Waals surface area (Å²) in [5.41, 5.74) is 1.14. The van der Waals surface area contributed by atoms with Crippen LogP contribution in [0, 0.1) is 0 Å². The number of anilines is 1. The van der Waals surface area contributed by atoms with Gasteiger partial charge in [0.05, 0.1) is 12.7 Å². The number of rotatable bonds is 4. The number of nitrogens with one attached hydrogen (secondary N) is 2. The zero-order chi connectivity index (χ0) is 15.9. The second kappa shape index (κ2) is 9.92. The predicted molar refractivity (Wildman–Crippen MR) is 106 cm³/mol. The first-order valence-electron chi connectivity index (χ1n) is 7.87. The lowest BCUT2D eigenvalue weighted by Gasteiger charge is -2.32. The molecule has 2 heterocycles. The number of morpholine rings is 1. The van der Waals surface area contributed by atoms with Crippen LogP contribution in [0.25, 0.3) is 0 Å². The summed E-state index contributed by atoms with van der Waals surface area (Å²) < 4.78 is 5.56. The molecule has 1 aliphatic rings. The van der Waals surface area contributed by atoms with Crippen molar-refractivity contribution in [1.29, 1.82) is 0 Å². The smallest absolute Gasteiger partial charge is 0.191 e. The Labute approximate surface area is 156 Å². The van der Waals surface area contributed by atoms with Gasteiger partial charge in [0.15, 0.2) is 5.96 Å². The second-order valence-electron chi connectivity index (χ2n) is 5.88. The molecule has 0 amide bonds. The Morgan fingerprint density at radius 3 is 2.83 bits per heavy atom. The molecule has 1 aromatic rings. The molecule has 1 atom stereocenters. The van der Waals surface area contributed by atoms with E-state index in [0.717, 1.165) is 37.0 Å². The van der Waals surface area contributed by atoms with Gasteiger partial charge in [0, 0.05) is 38.9 Å². The minimum atomic E-state index is 0. The molecule has 2 rings (SSSR count). The zero-order valence-electron chi connectivity index (χ0n) is 14.4. The van der Waals surface area contributed by atoms with E-state index in [0.29, 0.717) is 12.6 Å². The van der Waals surface area contributed by atoms with Gasteiger partial charge >= 0.3 is 0 Å². The average molecular weight is 433 g/mol. The Kier molecular flexibility index (Phi) is 8.60. The van der Waals surface area contributed by atoms with E-state index < -0.39 is 0 Å². The van der Waals surface area contributed by atoms with Crippen molar-refractivity contribution in [3.05, 3.63) is 23.9 Å². The van der Waals surface area contributed by atoms with Crippen molar-refractivity contribution in [2.45, 2.75) is 39.5 Å². The van der Waals surface area contributed by atoms with Gasteiger partial charge < -0.3 is 20.3 Å². The average Bonchev–Trinajstić information content (AvgIpc) is 2.51. The summed E-state index contributed by atoms with van der Waals surface area (Å²) in [5.74, 6) is 1.82. The highest BCUT2D eigenvalue weighted by molar-refractivity contribution is 14.0. The highest BCUT2D eigenvalue weighted by Gasteiger charge is 2.17. The fraction of sp³-hybridized carbons (Fsp3) is 0.625. The molecule has 0 bridgehead atoms. The van der Waals surface area contributed by atoms with Gasteiger partial charge in [-0.3, -0.25) is 4.99 Å². The number of halogens is 1. The first-order valence-corrected chi connectivity index (χ1v) is 7.87. The lowest BCUT2D eigenvalue weighted by atomic mass is 10.2. The lowest BCUT2D eigenvalue weighted by Crippen LogP contribution is -2.41. The maximum Gasteiger partial charge on any atom is 0.191 e. The molecule has 23 heavy (non-hydrogen) atoms. The van der Waals surface area contributed by atoms with Crippen LogP contribution < -0.4 is 15.5 Å². The Morgan fingerprint density at radius 2 is 2.26 bits per heavy atom. The molecule has 1 fully saturated rings. The Hall–Kier alpha value is -1.09. The van der Waals surface area contributed by atoms with Crippen molar-refractivity contribution < 1.29 is 4.74 Å². The third kappa shape index (κ3) is 6.50. The van der Waals surface area contributed by atoms with Crippen LogP contribution in [0.3, 0.4) is 0 Å². The summed E-state index contributed by atoms with van der Waals surface area (Å²) in [6.45, 7) is 9.55. The van der Waals surface area contributed by atoms with E-state index in [-0.39, 0.29) is 30.1 Å². The summed E-state index contributed by atoms with van der Waals surface area (Å²) in [6.07, 6.45) is 2.19. The van der Waals surface area contributed by atoms with Gasteiger partial charge in [0.1, 0.15) is 5.82 Å². The molecule has 0 aliphatic carbocycles. The van der Waals surface area contributed by atoms with Crippen molar-refractivity contribution in [3.8, 4) is 0 Å². The van der Waals surface area contributed by atoms with Gasteiger partial charge in [0.2, 0.25) is 0 Å². The number of aromatic nitrogens is 1. The molecule has 0 radical (unpaired) electrons. The van der Waals surface area contributed by atoms with Gasteiger partial charge in [-0.2, -0.15) is 0 Å². The Bertz CT molecular complexity index is 492. The second-order valence-corrected chi connectivity index (χ2v) is 5.88. The number of pyridine rings is 1. The minimum absolute atomic E-state index is 0. The normalized spacial score (nSPS) is 18.6. The van der Waals surface area contributed by atoms with Crippen LogP contribution in [0.15, 0.2) is 23.3 Å². The molecular weight excluding hydrogens is 405 g/mol. The SMILES string of the molecule is CN=C(NCc1ccc(N2CCOC(C)C2)nc1)NC(C)C.I. The molecule has 1 saturated heterocycles. The molecule has 1 unspecified atom stereocenters. The van der Waals surface area contributed by atoms with E-state index in [9.17, 15) is 0 Å². The molecule has 1 aromatic heterocycles. The maximum absolute atomic E-state index is 5.56. The van der Waals surface area contributed by atoms with Crippen molar-refractivity contribution in [1.82, 2.24) is 15.6 Å². The van der Waals surface area contributed by atoms with Crippen LogP contribution in [0.1, 0.15) is 26.3 Å². The van der Waals surface area contributed by atoms with Crippen molar-refractivity contribution >= 4 is 35.8 Å². The molecule has 7 heteroatoms. The quantitative estimate of drug-likeness (QED) is 0.432. The van der Waals surface area contributed by atoms with E-state index in [4.69, 9.17) is 4.74 Å². The van der Waals surface area contributed by atoms with Gasteiger partial charge in [-0.1, -0.05) is 6.07 Å². The first kappa shape index (κ1) is 20.0. The van der Waals surface area contributed by atoms with E-state index in [2.05, 4.69) is 58.4 Å². The molecule has 0 aromatic carbocycles. The van der Waals surface area contributed by atoms with E-state index in [1.165, 1.54) is 0 Å². The van der Waals surface area contributed by atoms with Crippen LogP contribution in [0.5, 0.6) is 0 Å². The molecule has 0 saturated carbocycles. The van der Waals surface area contributed by atoms with Crippen molar-refractivity contribution in [3.63, 3.8) is 0 Å². The summed E-state index contributed by atoms with van der Waals surface area (Å²) in [7, 11) is 1.78. The lowest BCUT2D eigenvalue weighted by molar-refractivity contribution is 0.0529. The molecule has 6 nitrogen and oxygen atoms in total. The zero-order valence-corrected chi connectivity index (χ0v) is 16.7. The van der Waals surface area contributed by atoms with E-state index in [1.807, 2.05) is 6.20 Å². The number of aliphatic imine (C=N–C) groups is 1. The third-order valence-electron chi connectivity index (χ3n) is 3.48. The number of ether oxygens (including phenoxy) is 1. The van der Waals surface area contributed by atoms with Crippen LogP contribution in [-0.4, -0.2) is 49.8 Å². The van der Waals surface area contributed by atoms with E-state index >= 15 is 0 Å². The van der Waals surface area contributed by atoms with Gasteiger partial charge in [-0.15, -0.1) is 24.0 Å². The largest absolute Gasteiger partial charge is 0.375 e. The topological polar surface area (TPSA) is 61.8 Å². The highest BCUT2D eigenvalue weighted by Crippen LogP contribution is 2.15. The maximum atomic E-state index is 5.56. The number of guanidine groups is 1. The minimum Gasteiger partial charge on any atom is -0.375 e. The van der Waals surface area contributed by atoms with Crippen LogP contribution >= 0.6 is 24.0 Å². The van der Waals surface area contributed by atoms with E-state index in [1.54, 1.807) is 7.05 Å². The molecule has 130 valence electrons. The summed E-state index contributed by atoms with van der Waals surface area (Å²) in [6, 6.07) is 4.54. The van der Waals surface area contributed by atoms with Crippen molar-refractivity contribution in [2.24, 2.45) is 4.99 Å². The molecule has 1 aliphatic heterocycles. The van der Waals surface area contributed by atoms with Gasteiger partial charge in [-0.05, 0) is 32.4 Å². The van der Waals surface area contributed by atoms with Crippen molar-refractivity contribution in [2.75, 3.05) is 31.6 Å². The molecular formula is C16H28IN5O. The van der Waals surface area contributed by atoms with Crippen LogP contribution in [0.2, 0.25) is 0 Å². The predicted octanol–water partition coefficient (Wildman–Crippen LogP) is 2.00. The van der Waals surface area contributed by atoms with Crippen LogP contribution in [0.4, 0.5) is 5.82 Å². The van der Waals surface area contributed by atoms with Crippen LogP contribution in [-0.2, 0) is 11.3 Å². The molecule has 0 spiro atoms. The number of nitrogens with zero attached hydrogens (tertiary/aromatic N) is 3. The molecule has 2 N–H and O–H groups in total. The summed E-state index contributed by atoms with van der Waals surface area (Å²) in [5, 5.41) is 6.55. The fourth-order valence-electron chi connectivity index (χ4n) is 2.39. The Balaban J connectivity index is 0.00000264. The monoisotopic (exact) mass is 433 g/mol. The summed E-state index contributed by atoms with van der Waals surface area (Å²) in [4.78, 5) is 11.0. The van der Waals surface area contributed by atoms with Gasteiger partial charge in [-0.25, -0.2) is 4.98 Å². The first-order chi connectivity index (χ1) is 10.6. The number of hydrogen-bond donors (Lipinski definition) is 2. The number of hydrogen-bond acceptors (Lipinski definition) is 4. The Morgan fingerprint density at radius 1 is 1.48 bits per heavy atom. The standard InChI is InChI=1S/C16H27N5O.HI/c1-12(2)20-16(17-4)19-10-14-5-6-15(18-9-14)21-7-8-22-13(3)11-21;/h5-6,9,12-13H,7-8,10-11H2,1-4H3,(H2,17,19,20);1H. The highest BCUT2D eigenvalue weighted by atomic mass is 127. The summed E-state index contributed by atoms with van der Waals surface area (Å²) >= 11 is 0. The van der Waals surface area contributed by atoms with Gasteiger partial charge in [0.25, 0.3) is 0 Å².